The average Bonchev–Trinajstić information content (AvgIpc) is 2.42. The van der Waals surface area contributed by atoms with E-state index in [2.05, 4.69) is 10.2 Å². The summed E-state index contributed by atoms with van der Waals surface area (Å²) in [5.74, 6) is 0. The number of benzene rings is 1. The zero-order valence-electron chi connectivity index (χ0n) is 7.79. The number of fused-ring (bicyclic) bond motifs is 1. The fourth-order valence-corrected chi connectivity index (χ4v) is 2.95. The van der Waals surface area contributed by atoms with Crippen molar-refractivity contribution in [2.75, 3.05) is 16.3 Å². The molecule has 1 atom stereocenters. The minimum atomic E-state index is -2.35. The quantitative estimate of drug-likeness (QED) is 0.678. The van der Waals surface area contributed by atoms with Crippen molar-refractivity contribution in [2.45, 2.75) is 13.8 Å². The monoisotopic (exact) mass is 196 g/mol. The fourth-order valence-electron chi connectivity index (χ4n) is 1.42. The minimum absolute atomic E-state index is 0.626. The highest BCUT2D eigenvalue weighted by Crippen LogP contribution is 2.53. The van der Waals surface area contributed by atoms with Crippen molar-refractivity contribution < 1.29 is 4.57 Å². The molecule has 0 bridgehead atoms. The number of hydrogen-bond acceptors (Lipinski definition) is 1. The third-order valence-electron chi connectivity index (χ3n) is 2.22. The normalized spacial score (nSPS) is 24.8. The molecule has 4 heteroatoms. The van der Waals surface area contributed by atoms with Crippen LogP contribution in [0.5, 0.6) is 0 Å². The lowest BCUT2D eigenvalue weighted by atomic mass is 10.2. The summed E-state index contributed by atoms with van der Waals surface area (Å²) in [6.45, 7) is 3.94. The molecule has 70 valence electrons. The van der Waals surface area contributed by atoms with Crippen molar-refractivity contribution in [1.82, 2.24) is 0 Å². The molecule has 1 aromatic rings. The zero-order chi connectivity index (χ0) is 9.47. The highest BCUT2D eigenvalue weighted by Gasteiger charge is 2.27. The largest absolute Gasteiger partial charge is 0.319 e. The SMILES string of the molecule is CCP1(=O)Nc2ccc(C)cc2N1. The molecule has 1 aliphatic rings. The Morgan fingerprint density at radius 1 is 1.31 bits per heavy atom. The Morgan fingerprint density at radius 2 is 2.00 bits per heavy atom. The molecule has 3 nitrogen and oxygen atoms in total. The Morgan fingerprint density at radius 3 is 2.69 bits per heavy atom. The molecule has 0 aromatic heterocycles. The molecule has 0 saturated heterocycles. The van der Waals surface area contributed by atoms with Gasteiger partial charge in [-0.15, -0.1) is 0 Å². The van der Waals surface area contributed by atoms with E-state index < -0.39 is 7.44 Å². The van der Waals surface area contributed by atoms with Crippen LogP contribution in [0, 0.1) is 6.92 Å². The summed E-state index contributed by atoms with van der Waals surface area (Å²) in [5, 5.41) is 6.08. The molecular formula is C9H13N2OP. The number of hydrogen-bond donors (Lipinski definition) is 2. The summed E-state index contributed by atoms with van der Waals surface area (Å²) in [5.41, 5.74) is 3.10. The van der Waals surface area contributed by atoms with Crippen molar-refractivity contribution >= 4 is 18.8 Å². The summed E-state index contributed by atoms with van der Waals surface area (Å²) < 4.78 is 11.9. The third-order valence-corrected chi connectivity index (χ3v) is 4.32. The smallest absolute Gasteiger partial charge is 0.257 e. The molecule has 1 aromatic carbocycles. The van der Waals surface area contributed by atoms with E-state index in [1.807, 2.05) is 32.0 Å². The molecule has 0 spiro atoms. The lowest BCUT2D eigenvalue weighted by Gasteiger charge is -2.08. The molecule has 0 saturated carbocycles. The highest BCUT2D eigenvalue weighted by molar-refractivity contribution is 7.67. The van der Waals surface area contributed by atoms with Crippen molar-refractivity contribution in [3.05, 3.63) is 23.8 Å². The molecule has 1 aliphatic heterocycles. The van der Waals surface area contributed by atoms with Gasteiger partial charge in [0.25, 0.3) is 7.44 Å². The Balaban J connectivity index is 2.41. The maximum Gasteiger partial charge on any atom is 0.257 e. The molecule has 13 heavy (non-hydrogen) atoms. The molecule has 1 unspecified atom stereocenters. The van der Waals surface area contributed by atoms with Gasteiger partial charge in [0.15, 0.2) is 0 Å². The number of aryl methyl sites for hydroxylation is 1. The van der Waals surface area contributed by atoms with Crippen molar-refractivity contribution in [3.63, 3.8) is 0 Å². The second kappa shape index (κ2) is 2.78. The van der Waals surface area contributed by atoms with Crippen LogP contribution in [0.4, 0.5) is 11.4 Å². The Hall–Kier alpha value is -0.950. The topological polar surface area (TPSA) is 41.1 Å². The fraction of sp³-hybridized carbons (Fsp3) is 0.333. The van der Waals surface area contributed by atoms with Crippen molar-refractivity contribution in [2.24, 2.45) is 0 Å². The van der Waals surface area contributed by atoms with Crippen molar-refractivity contribution in [3.8, 4) is 0 Å². The van der Waals surface area contributed by atoms with Crippen LogP contribution < -0.4 is 10.2 Å². The van der Waals surface area contributed by atoms with E-state index in [1.165, 1.54) is 5.56 Å². The van der Waals surface area contributed by atoms with Crippen molar-refractivity contribution in [1.29, 1.82) is 0 Å². The second-order valence-electron chi connectivity index (χ2n) is 3.33. The zero-order valence-corrected chi connectivity index (χ0v) is 8.69. The van der Waals surface area contributed by atoms with Gasteiger partial charge >= 0.3 is 0 Å². The van der Waals surface area contributed by atoms with E-state index in [0.717, 1.165) is 11.4 Å². The Bertz CT molecular complexity index is 389. The van der Waals surface area contributed by atoms with E-state index in [0.29, 0.717) is 6.16 Å². The molecule has 1 heterocycles. The van der Waals surface area contributed by atoms with Gasteiger partial charge in [0.1, 0.15) is 0 Å². The summed E-state index contributed by atoms with van der Waals surface area (Å²) in [6.07, 6.45) is 0.626. The Kier molecular flexibility index (Phi) is 1.85. The van der Waals surface area contributed by atoms with Gasteiger partial charge < -0.3 is 10.2 Å². The van der Waals surface area contributed by atoms with Gasteiger partial charge in [-0.1, -0.05) is 13.0 Å². The van der Waals surface area contributed by atoms with Crippen LogP contribution in [0.3, 0.4) is 0 Å². The summed E-state index contributed by atoms with van der Waals surface area (Å²) in [7, 11) is -2.35. The standard InChI is InChI=1S/C9H13N2OP/c1-3-13(12)10-8-5-4-7(2)6-9(8)11-13/h4-6H,3H2,1-2H3,(H2,10,11,12). The molecule has 0 radical (unpaired) electrons. The van der Waals surface area contributed by atoms with E-state index in [-0.39, 0.29) is 0 Å². The second-order valence-corrected chi connectivity index (χ2v) is 5.89. The first-order chi connectivity index (χ1) is 6.13. The maximum atomic E-state index is 11.9. The third kappa shape index (κ3) is 1.44. The first kappa shape index (κ1) is 8.64. The minimum Gasteiger partial charge on any atom is -0.319 e. The molecule has 0 aliphatic carbocycles. The summed E-state index contributed by atoms with van der Waals surface area (Å²) >= 11 is 0. The summed E-state index contributed by atoms with van der Waals surface area (Å²) in [4.78, 5) is 0. The first-order valence-electron chi connectivity index (χ1n) is 4.39. The molecular weight excluding hydrogens is 183 g/mol. The van der Waals surface area contributed by atoms with Crippen LogP contribution in [-0.4, -0.2) is 6.16 Å². The van der Waals surface area contributed by atoms with Crippen LogP contribution in [0.25, 0.3) is 0 Å². The lowest BCUT2D eigenvalue weighted by Crippen LogP contribution is -1.97. The molecule has 2 N–H and O–H groups in total. The predicted octanol–water partition coefficient (Wildman–Crippen LogP) is 3.05. The van der Waals surface area contributed by atoms with E-state index >= 15 is 0 Å². The van der Waals surface area contributed by atoms with Gasteiger partial charge in [0, 0.05) is 6.16 Å². The van der Waals surface area contributed by atoms with E-state index in [1.54, 1.807) is 0 Å². The van der Waals surface area contributed by atoms with Crippen LogP contribution in [-0.2, 0) is 4.57 Å². The number of anilines is 2. The predicted molar refractivity (Wildman–Crippen MR) is 56.6 cm³/mol. The van der Waals surface area contributed by atoms with Crippen LogP contribution in [0.15, 0.2) is 18.2 Å². The molecule has 2 rings (SSSR count). The highest BCUT2D eigenvalue weighted by atomic mass is 31.2. The Labute approximate surface area is 78.0 Å². The van der Waals surface area contributed by atoms with Crippen LogP contribution in [0.2, 0.25) is 0 Å². The molecule has 0 amide bonds. The van der Waals surface area contributed by atoms with Gasteiger partial charge in [-0.3, -0.25) is 4.57 Å². The lowest BCUT2D eigenvalue weighted by molar-refractivity contribution is 0.583. The number of rotatable bonds is 1. The summed E-state index contributed by atoms with van der Waals surface area (Å²) in [6, 6.07) is 5.99. The van der Waals surface area contributed by atoms with Crippen LogP contribution in [0.1, 0.15) is 12.5 Å². The van der Waals surface area contributed by atoms with Gasteiger partial charge in [-0.2, -0.15) is 0 Å². The maximum absolute atomic E-state index is 11.9. The van der Waals surface area contributed by atoms with E-state index in [4.69, 9.17) is 0 Å². The first-order valence-corrected chi connectivity index (χ1v) is 6.28. The van der Waals surface area contributed by atoms with Gasteiger partial charge in [-0.05, 0) is 24.6 Å². The van der Waals surface area contributed by atoms with Crippen LogP contribution >= 0.6 is 7.44 Å². The van der Waals surface area contributed by atoms with Gasteiger partial charge in [-0.25, -0.2) is 0 Å². The molecule has 0 fully saturated rings. The van der Waals surface area contributed by atoms with Gasteiger partial charge in [0.05, 0.1) is 11.4 Å². The van der Waals surface area contributed by atoms with E-state index in [9.17, 15) is 4.57 Å². The average molecular weight is 196 g/mol. The van der Waals surface area contributed by atoms with Gasteiger partial charge in [0.2, 0.25) is 0 Å². The number of nitrogens with one attached hydrogen (secondary N) is 2.